The molecule has 0 atom stereocenters. The number of carbonyl (C=O) groups is 1. The Kier molecular flexibility index (Phi) is 5.00. The van der Waals surface area contributed by atoms with Crippen LogP contribution in [0.4, 0.5) is 5.69 Å². The molecular weight excluding hydrogens is 360 g/mol. The van der Waals surface area contributed by atoms with Crippen molar-refractivity contribution in [2.24, 2.45) is 0 Å². The molecule has 0 saturated carbocycles. The molecule has 0 fully saturated rings. The van der Waals surface area contributed by atoms with Crippen LogP contribution in [0.1, 0.15) is 21.5 Å². The van der Waals surface area contributed by atoms with Gasteiger partial charge in [0.1, 0.15) is 5.75 Å². The minimum absolute atomic E-state index is 0.162. The first-order chi connectivity index (χ1) is 14.0. The number of para-hydroxylation sites is 1. The van der Waals surface area contributed by atoms with Crippen LogP contribution < -0.4 is 10.1 Å². The van der Waals surface area contributed by atoms with Crippen molar-refractivity contribution in [2.75, 3.05) is 12.4 Å². The largest absolute Gasteiger partial charge is 0.497 e. The fourth-order valence-corrected chi connectivity index (χ4v) is 3.33. The number of hydrogen-bond donors (Lipinski definition) is 1. The number of amides is 1. The van der Waals surface area contributed by atoms with E-state index in [0.29, 0.717) is 5.56 Å². The lowest BCUT2D eigenvalue weighted by Gasteiger charge is -2.13. The summed E-state index contributed by atoms with van der Waals surface area (Å²) in [4.78, 5) is 18.0. The number of carbonyl (C=O) groups excluding carboxylic acids is 1. The topological polar surface area (TPSA) is 51.2 Å². The molecule has 1 N–H and O–H groups in total. The van der Waals surface area contributed by atoms with Gasteiger partial charge in [0, 0.05) is 16.6 Å². The number of ether oxygens (including phenoxy) is 1. The summed E-state index contributed by atoms with van der Waals surface area (Å²) in [5.74, 6) is 0.599. The van der Waals surface area contributed by atoms with Crippen LogP contribution in [0.5, 0.6) is 5.75 Å². The van der Waals surface area contributed by atoms with Gasteiger partial charge in [0.15, 0.2) is 0 Å². The molecule has 1 amide bonds. The number of aryl methyl sites for hydroxylation is 2. The van der Waals surface area contributed by atoms with Gasteiger partial charge in [-0.15, -0.1) is 0 Å². The van der Waals surface area contributed by atoms with E-state index in [0.717, 1.165) is 39.2 Å². The molecule has 3 aromatic carbocycles. The van der Waals surface area contributed by atoms with E-state index in [1.807, 2.05) is 86.6 Å². The van der Waals surface area contributed by atoms with Crippen molar-refractivity contribution in [2.45, 2.75) is 13.8 Å². The van der Waals surface area contributed by atoms with E-state index >= 15 is 0 Å². The SMILES string of the molecule is COc1ccc(NC(=O)c2cc(-c3ccc(C)cc3)nc3ccccc23)c(C)c1. The summed E-state index contributed by atoms with van der Waals surface area (Å²) in [6.07, 6.45) is 0. The third-order valence-corrected chi connectivity index (χ3v) is 4.99. The lowest BCUT2D eigenvalue weighted by atomic mass is 10.0. The van der Waals surface area contributed by atoms with Crippen molar-refractivity contribution in [1.82, 2.24) is 4.98 Å². The first-order valence-corrected chi connectivity index (χ1v) is 9.48. The summed E-state index contributed by atoms with van der Waals surface area (Å²) >= 11 is 0. The normalized spacial score (nSPS) is 10.7. The smallest absolute Gasteiger partial charge is 0.256 e. The fraction of sp³-hybridized carbons (Fsp3) is 0.120. The molecule has 0 saturated heterocycles. The van der Waals surface area contributed by atoms with Crippen molar-refractivity contribution in [3.05, 3.63) is 89.5 Å². The van der Waals surface area contributed by atoms with Crippen LogP contribution in [0.3, 0.4) is 0 Å². The molecule has 0 unspecified atom stereocenters. The van der Waals surface area contributed by atoms with Crippen LogP contribution in [0, 0.1) is 13.8 Å². The van der Waals surface area contributed by atoms with Gasteiger partial charge in [-0.2, -0.15) is 0 Å². The third kappa shape index (κ3) is 3.83. The molecule has 144 valence electrons. The van der Waals surface area contributed by atoms with Crippen molar-refractivity contribution in [3.8, 4) is 17.0 Å². The van der Waals surface area contributed by atoms with E-state index in [9.17, 15) is 4.79 Å². The third-order valence-electron chi connectivity index (χ3n) is 4.99. The van der Waals surface area contributed by atoms with Crippen LogP contribution in [-0.4, -0.2) is 18.0 Å². The minimum atomic E-state index is -0.162. The molecule has 0 spiro atoms. The summed E-state index contributed by atoms with van der Waals surface area (Å²) in [7, 11) is 1.63. The lowest BCUT2D eigenvalue weighted by Crippen LogP contribution is -2.14. The summed E-state index contributed by atoms with van der Waals surface area (Å²) in [6, 6.07) is 23.3. The second-order valence-electron chi connectivity index (χ2n) is 7.07. The van der Waals surface area contributed by atoms with Crippen molar-refractivity contribution in [3.63, 3.8) is 0 Å². The average molecular weight is 382 g/mol. The zero-order valence-electron chi connectivity index (χ0n) is 16.7. The maximum atomic E-state index is 13.2. The van der Waals surface area contributed by atoms with E-state index in [-0.39, 0.29) is 5.91 Å². The number of benzene rings is 3. The van der Waals surface area contributed by atoms with Gasteiger partial charge >= 0.3 is 0 Å². The fourth-order valence-electron chi connectivity index (χ4n) is 3.33. The molecular formula is C25H22N2O2. The first kappa shape index (κ1) is 18.7. The standard InChI is InChI=1S/C25H22N2O2/c1-16-8-10-18(11-9-16)24-15-21(20-6-4-5-7-23(20)26-24)25(28)27-22-13-12-19(29-3)14-17(22)2/h4-15H,1-3H3,(H,27,28). The Balaban J connectivity index is 1.77. The predicted molar refractivity (Wildman–Crippen MR) is 118 cm³/mol. The lowest BCUT2D eigenvalue weighted by molar-refractivity contribution is 0.102. The van der Waals surface area contributed by atoms with Crippen LogP contribution in [0.2, 0.25) is 0 Å². The van der Waals surface area contributed by atoms with Crippen molar-refractivity contribution in [1.29, 1.82) is 0 Å². The Morgan fingerprint density at radius 3 is 2.41 bits per heavy atom. The summed E-state index contributed by atoms with van der Waals surface area (Å²) in [5, 5.41) is 3.86. The van der Waals surface area contributed by atoms with E-state index in [1.165, 1.54) is 5.56 Å². The minimum Gasteiger partial charge on any atom is -0.497 e. The highest BCUT2D eigenvalue weighted by Crippen LogP contribution is 2.27. The molecule has 1 heterocycles. The number of aromatic nitrogens is 1. The van der Waals surface area contributed by atoms with Gasteiger partial charge in [0.25, 0.3) is 5.91 Å². The van der Waals surface area contributed by atoms with Gasteiger partial charge in [-0.1, -0.05) is 48.0 Å². The van der Waals surface area contributed by atoms with Crippen LogP contribution in [0.25, 0.3) is 22.2 Å². The van der Waals surface area contributed by atoms with Crippen LogP contribution >= 0.6 is 0 Å². The highest BCUT2D eigenvalue weighted by atomic mass is 16.5. The van der Waals surface area contributed by atoms with Crippen molar-refractivity contribution >= 4 is 22.5 Å². The van der Waals surface area contributed by atoms with E-state index in [4.69, 9.17) is 9.72 Å². The maximum Gasteiger partial charge on any atom is 0.256 e. The average Bonchev–Trinajstić information content (AvgIpc) is 2.74. The van der Waals surface area contributed by atoms with Gasteiger partial charge in [0.05, 0.1) is 23.9 Å². The molecule has 29 heavy (non-hydrogen) atoms. The quantitative estimate of drug-likeness (QED) is 0.487. The number of nitrogens with zero attached hydrogens (tertiary/aromatic N) is 1. The molecule has 4 aromatic rings. The Bertz CT molecular complexity index is 1200. The number of hydrogen-bond acceptors (Lipinski definition) is 3. The zero-order valence-corrected chi connectivity index (χ0v) is 16.7. The maximum absolute atomic E-state index is 13.2. The van der Waals surface area contributed by atoms with E-state index in [1.54, 1.807) is 7.11 Å². The van der Waals surface area contributed by atoms with E-state index in [2.05, 4.69) is 5.32 Å². The monoisotopic (exact) mass is 382 g/mol. The number of nitrogens with one attached hydrogen (secondary N) is 1. The zero-order chi connectivity index (χ0) is 20.4. The number of fused-ring (bicyclic) bond motifs is 1. The van der Waals surface area contributed by atoms with Crippen LogP contribution in [0.15, 0.2) is 72.8 Å². The van der Waals surface area contributed by atoms with Gasteiger partial charge in [-0.05, 0) is 49.7 Å². The molecule has 0 aliphatic heterocycles. The number of methoxy groups -OCH3 is 1. The first-order valence-electron chi connectivity index (χ1n) is 9.48. The number of pyridine rings is 1. The molecule has 0 radical (unpaired) electrons. The summed E-state index contributed by atoms with van der Waals surface area (Å²) in [6.45, 7) is 3.99. The second kappa shape index (κ2) is 7.76. The Morgan fingerprint density at radius 1 is 0.931 bits per heavy atom. The Labute approximate surface area is 170 Å². The molecule has 1 aromatic heterocycles. The molecule has 0 bridgehead atoms. The van der Waals surface area contributed by atoms with Crippen molar-refractivity contribution < 1.29 is 9.53 Å². The second-order valence-corrected chi connectivity index (χ2v) is 7.07. The molecule has 4 rings (SSSR count). The van der Waals surface area contributed by atoms with E-state index < -0.39 is 0 Å². The Hall–Kier alpha value is -3.66. The molecule has 4 nitrogen and oxygen atoms in total. The Morgan fingerprint density at radius 2 is 1.69 bits per heavy atom. The summed E-state index contributed by atoms with van der Waals surface area (Å²) < 4.78 is 5.25. The summed E-state index contributed by atoms with van der Waals surface area (Å²) in [5.41, 5.74) is 6.03. The molecule has 0 aliphatic carbocycles. The van der Waals surface area contributed by atoms with Gasteiger partial charge in [0.2, 0.25) is 0 Å². The predicted octanol–water partition coefficient (Wildman–Crippen LogP) is 5.78. The highest BCUT2D eigenvalue weighted by molar-refractivity contribution is 6.13. The van der Waals surface area contributed by atoms with Crippen LogP contribution in [-0.2, 0) is 0 Å². The number of anilines is 1. The van der Waals surface area contributed by atoms with Gasteiger partial charge in [-0.3, -0.25) is 4.79 Å². The molecule has 4 heteroatoms. The van der Waals surface area contributed by atoms with Gasteiger partial charge in [-0.25, -0.2) is 4.98 Å². The highest BCUT2D eigenvalue weighted by Gasteiger charge is 2.15. The molecule has 0 aliphatic rings. The number of rotatable bonds is 4. The van der Waals surface area contributed by atoms with Gasteiger partial charge < -0.3 is 10.1 Å².